The van der Waals surface area contributed by atoms with Crippen LogP contribution in [0.3, 0.4) is 0 Å². The van der Waals surface area contributed by atoms with Gasteiger partial charge in [0.1, 0.15) is 16.4 Å². The molecule has 0 saturated carbocycles. The fourth-order valence-corrected chi connectivity index (χ4v) is 4.29. The predicted molar refractivity (Wildman–Crippen MR) is 113 cm³/mol. The van der Waals surface area contributed by atoms with E-state index in [2.05, 4.69) is 6.92 Å². The van der Waals surface area contributed by atoms with Gasteiger partial charge in [0.25, 0.3) is 10.1 Å². The molecular formula is C23H31NaO5S. The average Bonchev–Trinajstić information content (AvgIpc) is 2.66. The van der Waals surface area contributed by atoms with Crippen LogP contribution in [-0.2, 0) is 16.5 Å². The smallest absolute Gasteiger partial charge is 0.872 e. The Labute approximate surface area is 202 Å². The molecule has 2 rings (SSSR count). The normalized spacial score (nSPS) is 11.1. The van der Waals surface area contributed by atoms with Gasteiger partial charge in [-0.25, -0.2) is 0 Å². The number of benzene rings is 2. The van der Waals surface area contributed by atoms with Crippen LogP contribution in [0, 0.1) is 0 Å². The standard InChI is InChI=1S/C23H32O5S.Na/c1-2-3-4-5-6-7-8-9-10-13-19-14-11-17-22(23(19)29(25,26)27)28-21-16-12-15-20(24)18-21;/h11-12,14-18,24H,2-10,13H2,1H3,(H,25,26,27);/q;+1/p-1. The fraction of sp³-hybridized carbons (Fsp3) is 0.478. The SMILES string of the molecule is CCCCCCCCCCCc1cccc(Oc2cccc([O-])c2)c1S(=O)(=O)O.[Na+]. The average molecular weight is 443 g/mol. The molecule has 0 heterocycles. The van der Waals surface area contributed by atoms with Crippen LogP contribution < -0.4 is 39.4 Å². The molecule has 0 saturated heterocycles. The Morgan fingerprint density at radius 2 is 1.50 bits per heavy atom. The fourth-order valence-electron chi connectivity index (χ4n) is 3.42. The maximum absolute atomic E-state index is 12.0. The molecule has 0 atom stereocenters. The maximum Gasteiger partial charge on any atom is 1.00 e. The first-order valence-electron chi connectivity index (χ1n) is 10.5. The molecule has 30 heavy (non-hydrogen) atoms. The van der Waals surface area contributed by atoms with Crippen LogP contribution in [0.4, 0.5) is 0 Å². The molecule has 0 aliphatic carbocycles. The second-order valence-electron chi connectivity index (χ2n) is 7.37. The summed E-state index contributed by atoms with van der Waals surface area (Å²) in [6.07, 6.45) is 11.1. The Morgan fingerprint density at radius 1 is 0.900 bits per heavy atom. The van der Waals surface area contributed by atoms with E-state index in [1.165, 1.54) is 62.8 Å². The quantitative estimate of drug-likeness (QED) is 0.293. The molecule has 5 nitrogen and oxygen atoms in total. The van der Waals surface area contributed by atoms with Crippen LogP contribution in [0.25, 0.3) is 0 Å². The molecule has 2 aromatic rings. The van der Waals surface area contributed by atoms with Crippen LogP contribution in [0.2, 0.25) is 0 Å². The summed E-state index contributed by atoms with van der Waals surface area (Å²) in [6.45, 7) is 2.21. The Morgan fingerprint density at radius 3 is 2.10 bits per heavy atom. The Hall–Kier alpha value is -1.05. The largest absolute Gasteiger partial charge is 1.00 e. The van der Waals surface area contributed by atoms with E-state index in [0.29, 0.717) is 12.0 Å². The van der Waals surface area contributed by atoms with Gasteiger partial charge in [-0.05, 0) is 36.6 Å². The van der Waals surface area contributed by atoms with E-state index in [9.17, 15) is 18.1 Å². The van der Waals surface area contributed by atoms with Gasteiger partial charge in [0, 0.05) is 0 Å². The molecule has 0 radical (unpaired) electrons. The number of aryl methyl sites for hydroxylation is 1. The van der Waals surface area contributed by atoms with Crippen molar-refractivity contribution in [3.8, 4) is 17.2 Å². The van der Waals surface area contributed by atoms with Crippen LogP contribution in [-0.4, -0.2) is 13.0 Å². The van der Waals surface area contributed by atoms with E-state index < -0.39 is 10.1 Å². The van der Waals surface area contributed by atoms with Gasteiger partial charge in [-0.3, -0.25) is 4.55 Å². The Kier molecular flexibility index (Phi) is 12.7. The number of rotatable bonds is 13. The van der Waals surface area contributed by atoms with Crippen molar-refractivity contribution >= 4 is 10.1 Å². The summed E-state index contributed by atoms with van der Waals surface area (Å²) in [5, 5.41) is 11.5. The van der Waals surface area contributed by atoms with Gasteiger partial charge in [0.15, 0.2) is 0 Å². The van der Waals surface area contributed by atoms with E-state index >= 15 is 0 Å². The van der Waals surface area contributed by atoms with Crippen LogP contribution in [0.15, 0.2) is 47.4 Å². The van der Waals surface area contributed by atoms with Crippen molar-refractivity contribution in [3.63, 3.8) is 0 Å². The minimum Gasteiger partial charge on any atom is -0.872 e. The molecule has 0 aliphatic heterocycles. The first-order valence-corrected chi connectivity index (χ1v) is 11.9. The molecule has 160 valence electrons. The summed E-state index contributed by atoms with van der Waals surface area (Å²) in [6, 6.07) is 10.7. The van der Waals surface area contributed by atoms with Gasteiger partial charge in [0.2, 0.25) is 0 Å². The monoisotopic (exact) mass is 442 g/mol. The van der Waals surface area contributed by atoms with Gasteiger partial charge in [-0.1, -0.05) is 82.6 Å². The topological polar surface area (TPSA) is 86.7 Å². The third-order valence-corrected chi connectivity index (χ3v) is 5.88. The van der Waals surface area contributed by atoms with Gasteiger partial charge >= 0.3 is 29.6 Å². The van der Waals surface area contributed by atoms with Crippen LogP contribution >= 0.6 is 0 Å². The molecular weight excluding hydrogens is 411 g/mol. The van der Waals surface area contributed by atoms with Crippen molar-refractivity contribution in [2.24, 2.45) is 0 Å². The molecule has 0 fully saturated rings. The summed E-state index contributed by atoms with van der Waals surface area (Å²) in [4.78, 5) is -0.212. The minimum atomic E-state index is -4.46. The van der Waals surface area contributed by atoms with Crippen molar-refractivity contribution in [2.75, 3.05) is 0 Å². The van der Waals surface area contributed by atoms with Crippen molar-refractivity contribution in [1.82, 2.24) is 0 Å². The second-order valence-corrected chi connectivity index (χ2v) is 8.73. The van der Waals surface area contributed by atoms with E-state index in [-0.39, 0.29) is 51.7 Å². The molecule has 0 aliphatic rings. The van der Waals surface area contributed by atoms with Gasteiger partial charge in [0.05, 0.1) is 0 Å². The summed E-state index contributed by atoms with van der Waals surface area (Å²) in [5.74, 6) is 0.0379. The molecule has 0 spiro atoms. The maximum atomic E-state index is 12.0. The van der Waals surface area contributed by atoms with Crippen molar-refractivity contribution in [2.45, 2.75) is 76.0 Å². The summed E-state index contributed by atoms with van der Waals surface area (Å²) in [7, 11) is -4.46. The minimum absolute atomic E-state index is 0. The molecule has 0 unspecified atom stereocenters. The van der Waals surface area contributed by atoms with E-state index in [0.717, 1.165) is 19.3 Å². The van der Waals surface area contributed by atoms with E-state index in [4.69, 9.17) is 4.74 Å². The third kappa shape index (κ3) is 9.40. The second kappa shape index (κ2) is 14.1. The van der Waals surface area contributed by atoms with E-state index in [1.54, 1.807) is 18.2 Å². The van der Waals surface area contributed by atoms with E-state index in [1.807, 2.05) is 0 Å². The van der Waals surface area contributed by atoms with Crippen molar-refractivity contribution in [1.29, 1.82) is 0 Å². The van der Waals surface area contributed by atoms with Gasteiger partial charge < -0.3 is 9.84 Å². The van der Waals surface area contributed by atoms with Crippen LogP contribution in [0.5, 0.6) is 17.2 Å². The predicted octanol–water partition coefficient (Wildman–Crippen LogP) is 2.88. The molecule has 1 N–H and O–H groups in total. The first kappa shape index (κ1) is 27.0. The molecule has 7 heteroatoms. The van der Waals surface area contributed by atoms with Crippen molar-refractivity contribution < 1.29 is 52.4 Å². The van der Waals surface area contributed by atoms with Crippen LogP contribution in [0.1, 0.15) is 70.3 Å². The first-order chi connectivity index (χ1) is 13.9. The number of unbranched alkanes of at least 4 members (excludes halogenated alkanes) is 8. The molecule has 0 aromatic heterocycles. The van der Waals surface area contributed by atoms with Crippen molar-refractivity contribution in [3.05, 3.63) is 48.0 Å². The summed E-state index contributed by atoms with van der Waals surface area (Å²) >= 11 is 0. The third-order valence-electron chi connectivity index (χ3n) is 4.90. The summed E-state index contributed by atoms with van der Waals surface area (Å²) < 4.78 is 39.4. The molecule has 2 aromatic carbocycles. The zero-order valence-corrected chi connectivity index (χ0v) is 20.9. The Bertz CT molecular complexity index is 868. The number of ether oxygens (including phenoxy) is 1. The summed E-state index contributed by atoms with van der Waals surface area (Å²) in [5.41, 5.74) is 0.534. The van der Waals surface area contributed by atoms with Gasteiger partial charge in [-0.2, -0.15) is 8.42 Å². The Balaban J connectivity index is 0.00000450. The number of hydrogen-bond acceptors (Lipinski definition) is 4. The zero-order chi connectivity index (χ0) is 21.1. The number of hydrogen-bond donors (Lipinski definition) is 1. The zero-order valence-electron chi connectivity index (χ0n) is 18.1. The van der Waals surface area contributed by atoms with Gasteiger partial charge in [-0.15, -0.1) is 5.75 Å². The molecule has 0 bridgehead atoms. The molecule has 0 amide bonds.